The Morgan fingerprint density at radius 1 is 1.30 bits per heavy atom. The molecule has 9 heteroatoms. The summed E-state index contributed by atoms with van der Waals surface area (Å²) >= 11 is 18.0. The van der Waals surface area contributed by atoms with Crippen LogP contribution in [0, 0.1) is 5.41 Å². The summed E-state index contributed by atoms with van der Waals surface area (Å²) in [5.41, 5.74) is 6.07. The minimum atomic E-state index is -0.682. The Morgan fingerprint density at radius 3 is 2.65 bits per heavy atom. The third-order valence-electron chi connectivity index (χ3n) is 2.48. The smallest absolute Gasteiger partial charge is 0.240 e. The third kappa shape index (κ3) is 2.87. The number of aryl methyl sites for hydroxylation is 1. The molecule has 1 heterocycles. The van der Waals surface area contributed by atoms with E-state index in [1.165, 1.54) is 12.1 Å². The first-order valence-corrected chi connectivity index (χ1v) is 6.57. The molecular formula is C11H9Cl3FN5. The van der Waals surface area contributed by atoms with Crippen molar-refractivity contribution in [1.29, 1.82) is 5.41 Å². The van der Waals surface area contributed by atoms with Crippen LogP contribution in [0.1, 0.15) is 0 Å². The second-order valence-electron chi connectivity index (χ2n) is 3.83. The van der Waals surface area contributed by atoms with Crippen molar-refractivity contribution in [1.82, 2.24) is 14.8 Å². The van der Waals surface area contributed by atoms with Crippen LogP contribution < -0.4 is 11.4 Å². The van der Waals surface area contributed by atoms with Crippen molar-refractivity contribution in [2.45, 2.75) is 6.54 Å². The molecule has 0 radical (unpaired) electrons. The zero-order valence-electron chi connectivity index (χ0n) is 10.00. The SMILES string of the molecule is N=c1nc(N)c(-c2cc(Cl)cc(Cl)c2Cl)nn1CCF. The Bertz CT molecular complexity index is 716. The van der Waals surface area contributed by atoms with Gasteiger partial charge in [0.2, 0.25) is 5.62 Å². The number of rotatable bonds is 3. The summed E-state index contributed by atoms with van der Waals surface area (Å²) in [5, 5.41) is 12.4. The highest BCUT2D eigenvalue weighted by molar-refractivity contribution is 6.45. The van der Waals surface area contributed by atoms with Crippen molar-refractivity contribution >= 4 is 40.6 Å². The fraction of sp³-hybridized carbons (Fsp3) is 0.182. The molecule has 0 aliphatic heterocycles. The molecular weight excluding hydrogens is 328 g/mol. The number of hydrogen-bond acceptors (Lipinski definition) is 4. The molecule has 1 aromatic heterocycles. The van der Waals surface area contributed by atoms with Crippen molar-refractivity contribution in [2.75, 3.05) is 12.4 Å². The Kier molecular flexibility index (Phi) is 4.47. The molecule has 1 aromatic carbocycles. The predicted octanol–water partition coefficient (Wildman–Crippen LogP) is 2.94. The number of nitrogens with two attached hydrogens (primary N) is 1. The van der Waals surface area contributed by atoms with Gasteiger partial charge in [0.25, 0.3) is 0 Å². The van der Waals surface area contributed by atoms with Gasteiger partial charge in [-0.25, -0.2) is 9.07 Å². The molecule has 0 aliphatic carbocycles. The Hall–Kier alpha value is -1.37. The lowest BCUT2D eigenvalue weighted by Gasteiger charge is -2.11. The Labute approximate surface area is 128 Å². The summed E-state index contributed by atoms with van der Waals surface area (Å²) in [7, 11) is 0. The van der Waals surface area contributed by atoms with Crippen LogP contribution in [0.5, 0.6) is 0 Å². The first-order valence-electron chi connectivity index (χ1n) is 5.44. The van der Waals surface area contributed by atoms with Gasteiger partial charge in [0.1, 0.15) is 12.4 Å². The van der Waals surface area contributed by atoms with Gasteiger partial charge in [0.15, 0.2) is 5.82 Å². The van der Waals surface area contributed by atoms with E-state index < -0.39 is 6.67 Å². The van der Waals surface area contributed by atoms with E-state index in [0.717, 1.165) is 4.68 Å². The lowest BCUT2D eigenvalue weighted by molar-refractivity contribution is 0.409. The van der Waals surface area contributed by atoms with E-state index >= 15 is 0 Å². The van der Waals surface area contributed by atoms with Gasteiger partial charge < -0.3 is 5.73 Å². The zero-order chi connectivity index (χ0) is 14.9. The second-order valence-corrected chi connectivity index (χ2v) is 5.05. The average Bonchev–Trinajstić information content (AvgIpc) is 2.37. The molecule has 0 saturated heterocycles. The van der Waals surface area contributed by atoms with Crippen molar-refractivity contribution in [2.24, 2.45) is 0 Å². The van der Waals surface area contributed by atoms with Gasteiger partial charge in [0.05, 0.1) is 16.6 Å². The van der Waals surface area contributed by atoms with Crippen LogP contribution in [0.15, 0.2) is 12.1 Å². The van der Waals surface area contributed by atoms with E-state index in [1.807, 2.05) is 0 Å². The topological polar surface area (TPSA) is 80.6 Å². The number of alkyl halides is 1. The summed E-state index contributed by atoms with van der Waals surface area (Å²) in [6.45, 7) is -0.788. The first-order chi connectivity index (χ1) is 9.43. The minimum Gasteiger partial charge on any atom is -0.382 e. The molecule has 0 spiro atoms. The monoisotopic (exact) mass is 335 g/mol. The van der Waals surface area contributed by atoms with Crippen LogP contribution in [0.4, 0.5) is 10.2 Å². The first kappa shape index (κ1) is 15.0. The van der Waals surface area contributed by atoms with Crippen molar-refractivity contribution in [3.05, 3.63) is 32.8 Å². The molecule has 0 bridgehead atoms. The maximum absolute atomic E-state index is 12.4. The number of nitrogens with one attached hydrogen (secondary N) is 1. The van der Waals surface area contributed by atoms with E-state index in [2.05, 4.69) is 10.1 Å². The largest absolute Gasteiger partial charge is 0.382 e. The Balaban J connectivity index is 2.69. The van der Waals surface area contributed by atoms with Crippen LogP contribution >= 0.6 is 34.8 Å². The molecule has 0 amide bonds. The number of hydrogen-bond donors (Lipinski definition) is 2. The van der Waals surface area contributed by atoms with E-state index in [9.17, 15) is 4.39 Å². The fourth-order valence-corrected chi connectivity index (χ4v) is 2.29. The maximum atomic E-state index is 12.4. The molecule has 106 valence electrons. The Morgan fingerprint density at radius 2 is 2.00 bits per heavy atom. The summed E-state index contributed by atoms with van der Waals surface area (Å²) < 4.78 is 13.5. The van der Waals surface area contributed by atoms with Crippen LogP contribution in [0.25, 0.3) is 11.3 Å². The van der Waals surface area contributed by atoms with E-state index in [1.54, 1.807) is 0 Å². The highest BCUT2D eigenvalue weighted by Gasteiger charge is 2.15. The number of halogens is 4. The highest BCUT2D eigenvalue weighted by Crippen LogP contribution is 2.36. The average molecular weight is 337 g/mol. The summed E-state index contributed by atoms with van der Waals surface area (Å²) in [4.78, 5) is 3.80. The molecule has 5 nitrogen and oxygen atoms in total. The molecule has 0 unspecified atom stereocenters. The van der Waals surface area contributed by atoms with Crippen LogP contribution in [0.3, 0.4) is 0 Å². The predicted molar refractivity (Wildman–Crippen MR) is 76.7 cm³/mol. The van der Waals surface area contributed by atoms with Crippen molar-refractivity contribution in [3.63, 3.8) is 0 Å². The minimum absolute atomic E-state index is 0.00894. The quantitative estimate of drug-likeness (QED) is 0.846. The summed E-state index contributed by atoms with van der Waals surface area (Å²) in [6, 6.07) is 3.01. The number of nitrogens with zero attached hydrogens (tertiary/aromatic N) is 3. The fourth-order valence-electron chi connectivity index (χ4n) is 1.60. The molecule has 2 aromatic rings. The van der Waals surface area contributed by atoms with Gasteiger partial charge in [-0.3, -0.25) is 5.41 Å². The third-order valence-corrected chi connectivity index (χ3v) is 3.50. The summed E-state index contributed by atoms with van der Waals surface area (Å²) in [5.74, 6) is -0.00894. The van der Waals surface area contributed by atoms with Gasteiger partial charge in [0, 0.05) is 10.6 Å². The van der Waals surface area contributed by atoms with Gasteiger partial charge >= 0.3 is 0 Å². The number of anilines is 1. The van der Waals surface area contributed by atoms with Gasteiger partial charge in [-0.1, -0.05) is 34.8 Å². The zero-order valence-corrected chi connectivity index (χ0v) is 12.3. The molecule has 0 atom stereocenters. The highest BCUT2D eigenvalue weighted by atomic mass is 35.5. The van der Waals surface area contributed by atoms with Gasteiger partial charge in [-0.2, -0.15) is 10.1 Å². The second kappa shape index (κ2) is 5.95. The number of aromatic nitrogens is 3. The summed E-state index contributed by atoms with van der Waals surface area (Å²) in [6.07, 6.45) is 0. The van der Waals surface area contributed by atoms with Crippen molar-refractivity contribution < 1.29 is 4.39 Å². The standard InChI is InChI=1S/C11H9Cl3FN5/c12-5-3-6(8(14)7(13)4-5)9-10(16)18-11(17)20(19-9)2-1-15/h3-4H,1-2H2,(H3,16,17,18). The van der Waals surface area contributed by atoms with Crippen LogP contribution in [0.2, 0.25) is 15.1 Å². The number of nitrogen functional groups attached to an aromatic ring is 1. The normalized spacial score (nSPS) is 10.8. The maximum Gasteiger partial charge on any atom is 0.240 e. The van der Waals surface area contributed by atoms with Gasteiger partial charge in [-0.05, 0) is 12.1 Å². The van der Waals surface area contributed by atoms with Crippen molar-refractivity contribution in [3.8, 4) is 11.3 Å². The van der Waals surface area contributed by atoms with E-state index in [4.69, 9.17) is 45.9 Å². The van der Waals surface area contributed by atoms with Crippen LogP contribution in [-0.4, -0.2) is 21.4 Å². The molecule has 0 aliphatic rings. The lowest BCUT2D eigenvalue weighted by Crippen LogP contribution is -2.28. The molecule has 3 N–H and O–H groups in total. The van der Waals surface area contributed by atoms with Crippen LogP contribution in [-0.2, 0) is 6.54 Å². The molecule has 2 rings (SSSR count). The van der Waals surface area contributed by atoms with E-state index in [0.29, 0.717) is 10.6 Å². The van der Waals surface area contributed by atoms with E-state index in [-0.39, 0.29) is 33.7 Å². The molecule has 0 saturated carbocycles. The lowest BCUT2D eigenvalue weighted by atomic mass is 10.1. The molecule has 0 fully saturated rings. The van der Waals surface area contributed by atoms with Gasteiger partial charge in [-0.15, -0.1) is 0 Å². The molecule has 20 heavy (non-hydrogen) atoms. The number of benzene rings is 1.